The van der Waals surface area contributed by atoms with Gasteiger partial charge in [0.05, 0.1) is 11.8 Å². The summed E-state index contributed by atoms with van der Waals surface area (Å²) in [5, 5.41) is 13.2. The van der Waals surface area contributed by atoms with Crippen LogP contribution in [0.15, 0.2) is 21.1 Å². The lowest BCUT2D eigenvalue weighted by atomic mass is 10.1. The van der Waals surface area contributed by atoms with Crippen LogP contribution in [0.25, 0.3) is 0 Å². The van der Waals surface area contributed by atoms with E-state index in [-0.39, 0.29) is 0 Å². The van der Waals surface area contributed by atoms with E-state index >= 15 is 0 Å². The third-order valence-electron chi connectivity index (χ3n) is 2.25. The van der Waals surface area contributed by atoms with E-state index in [2.05, 4.69) is 44.1 Å². The number of benzene rings is 1. The van der Waals surface area contributed by atoms with Gasteiger partial charge >= 0.3 is 0 Å². The predicted octanol–water partition coefficient (Wildman–Crippen LogP) is 2.83. The number of hydrogen-bond donors (Lipinski definition) is 3. The topological polar surface area (TPSA) is 58.3 Å². The molecule has 0 amide bonds. The molecule has 0 aromatic heterocycles. The smallest absolute Gasteiger partial charge is 0.0934 e. The molecule has 0 aliphatic carbocycles. The van der Waals surface area contributed by atoms with Crippen LogP contribution in [0, 0.1) is 0 Å². The second-order valence-corrected chi connectivity index (χ2v) is 5.38. The third kappa shape index (κ3) is 3.73. The van der Waals surface area contributed by atoms with Crippen LogP contribution < -0.4 is 11.1 Å². The van der Waals surface area contributed by atoms with Gasteiger partial charge in [0.2, 0.25) is 0 Å². The Labute approximate surface area is 113 Å². The molecule has 0 bridgehead atoms. The predicted molar refractivity (Wildman–Crippen MR) is 74.4 cm³/mol. The highest BCUT2D eigenvalue weighted by Crippen LogP contribution is 2.31. The second-order valence-electron chi connectivity index (χ2n) is 3.61. The first-order valence-corrected chi connectivity index (χ1v) is 6.78. The van der Waals surface area contributed by atoms with Gasteiger partial charge in [0.1, 0.15) is 0 Å². The molecule has 1 rings (SSSR count). The average molecular weight is 352 g/mol. The number of rotatable bonds is 5. The lowest BCUT2D eigenvalue weighted by Crippen LogP contribution is -2.22. The van der Waals surface area contributed by atoms with Crippen LogP contribution in [0.1, 0.15) is 25.0 Å². The van der Waals surface area contributed by atoms with E-state index < -0.39 is 6.10 Å². The monoisotopic (exact) mass is 350 g/mol. The van der Waals surface area contributed by atoms with Crippen molar-refractivity contribution < 1.29 is 5.11 Å². The fourth-order valence-corrected chi connectivity index (χ4v) is 2.66. The van der Waals surface area contributed by atoms with Gasteiger partial charge in [-0.05, 0) is 41.0 Å². The maximum Gasteiger partial charge on any atom is 0.0934 e. The maximum atomic E-state index is 9.99. The van der Waals surface area contributed by atoms with Gasteiger partial charge in [0, 0.05) is 21.1 Å². The summed E-state index contributed by atoms with van der Waals surface area (Å²) in [6.07, 6.45) is 0.463. The number of aliphatic hydroxyl groups excluding tert-OH is 1. The standard InChI is InChI=1S/C11H16Br2N2O/c1-2-3-15-6-10(16)8-4-7(12)5-9(13)11(8)14/h4-5,10,15-16H,2-3,6,14H2,1H3. The third-order valence-corrected chi connectivity index (χ3v) is 3.36. The zero-order valence-corrected chi connectivity index (χ0v) is 12.3. The van der Waals surface area contributed by atoms with Crippen LogP contribution in [0.4, 0.5) is 5.69 Å². The molecule has 3 nitrogen and oxygen atoms in total. The molecule has 4 N–H and O–H groups in total. The molecule has 0 aliphatic heterocycles. The van der Waals surface area contributed by atoms with Crippen LogP contribution in [0.2, 0.25) is 0 Å². The van der Waals surface area contributed by atoms with Crippen LogP contribution in [0.3, 0.4) is 0 Å². The van der Waals surface area contributed by atoms with E-state index in [4.69, 9.17) is 5.73 Å². The Kier molecular flexibility index (Phi) is 5.75. The number of nitrogens with one attached hydrogen (secondary N) is 1. The summed E-state index contributed by atoms with van der Waals surface area (Å²) < 4.78 is 1.70. The van der Waals surface area contributed by atoms with Gasteiger partial charge in [-0.25, -0.2) is 0 Å². The highest BCUT2D eigenvalue weighted by molar-refractivity contribution is 9.11. The molecule has 1 atom stereocenters. The molecule has 1 unspecified atom stereocenters. The van der Waals surface area contributed by atoms with Gasteiger partial charge < -0.3 is 16.2 Å². The Morgan fingerprint density at radius 3 is 2.75 bits per heavy atom. The van der Waals surface area contributed by atoms with Crippen molar-refractivity contribution in [2.45, 2.75) is 19.4 Å². The van der Waals surface area contributed by atoms with Crippen molar-refractivity contribution in [2.75, 3.05) is 18.8 Å². The molecular formula is C11H16Br2N2O. The summed E-state index contributed by atoms with van der Waals surface area (Å²) in [6, 6.07) is 3.71. The summed E-state index contributed by atoms with van der Waals surface area (Å²) >= 11 is 6.74. The molecule has 0 radical (unpaired) electrons. The van der Waals surface area contributed by atoms with E-state index in [0.29, 0.717) is 12.2 Å². The summed E-state index contributed by atoms with van der Waals surface area (Å²) in [6.45, 7) is 3.50. The van der Waals surface area contributed by atoms with Gasteiger partial charge in [0.15, 0.2) is 0 Å². The molecule has 5 heteroatoms. The highest BCUT2D eigenvalue weighted by atomic mass is 79.9. The zero-order valence-electron chi connectivity index (χ0n) is 9.13. The summed E-state index contributed by atoms with van der Waals surface area (Å²) in [4.78, 5) is 0. The SMILES string of the molecule is CCCNCC(O)c1cc(Br)cc(Br)c1N. The number of hydrogen-bond acceptors (Lipinski definition) is 3. The number of anilines is 1. The van der Waals surface area contributed by atoms with E-state index in [1.165, 1.54) is 0 Å². The largest absolute Gasteiger partial charge is 0.398 e. The second kappa shape index (κ2) is 6.59. The Morgan fingerprint density at radius 2 is 2.12 bits per heavy atom. The molecule has 0 saturated heterocycles. The van der Waals surface area contributed by atoms with E-state index in [9.17, 15) is 5.11 Å². The van der Waals surface area contributed by atoms with E-state index in [0.717, 1.165) is 27.5 Å². The van der Waals surface area contributed by atoms with Gasteiger partial charge in [-0.2, -0.15) is 0 Å². The maximum absolute atomic E-state index is 9.99. The summed E-state index contributed by atoms with van der Waals surface area (Å²) in [5.74, 6) is 0. The molecule has 0 saturated carbocycles. The number of nitrogen functional groups attached to an aromatic ring is 1. The molecular weight excluding hydrogens is 336 g/mol. The minimum Gasteiger partial charge on any atom is -0.398 e. The summed E-state index contributed by atoms with van der Waals surface area (Å²) in [7, 11) is 0. The van der Waals surface area contributed by atoms with E-state index in [1.807, 2.05) is 12.1 Å². The first-order chi connectivity index (χ1) is 7.56. The molecule has 0 fully saturated rings. The van der Waals surface area contributed by atoms with Crippen molar-refractivity contribution >= 4 is 37.5 Å². The highest BCUT2D eigenvalue weighted by Gasteiger charge is 2.13. The molecule has 16 heavy (non-hydrogen) atoms. The van der Waals surface area contributed by atoms with Crippen LogP contribution in [-0.2, 0) is 0 Å². The molecule has 90 valence electrons. The Hall–Kier alpha value is -0.100. The number of nitrogens with two attached hydrogens (primary N) is 1. The first-order valence-electron chi connectivity index (χ1n) is 5.19. The first kappa shape index (κ1) is 14.0. The minimum absolute atomic E-state index is 0.515. The van der Waals surface area contributed by atoms with Gasteiger partial charge in [-0.3, -0.25) is 0 Å². The van der Waals surface area contributed by atoms with Gasteiger partial charge in [0.25, 0.3) is 0 Å². The minimum atomic E-state index is -0.583. The number of halogens is 2. The van der Waals surface area contributed by atoms with Crippen molar-refractivity contribution in [3.05, 3.63) is 26.6 Å². The Balaban J connectivity index is 2.78. The quantitative estimate of drug-likeness (QED) is 0.564. The van der Waals surface area contributed by atoms with Crippen molar-refractivity contribution in [3.63, 3.8) is 0 Å². The molecule has 0 heterocycles. The lowest BCUT2D eigenvalue weighted by Gasteiger charge is -2.15. The van der Waals surface area contributed by atoms with Gasteiger partial charge in [-0.15, -0.1) is 0 Å². The van der Waals surface area contributed by atoms with E-state index in [1.54, 1.807) is 0 Å². The van der Waals surface area contributed by atoms with Gasteiger partial charge in [-0.1, -0.05) is 22.9 Å². The molecule has 1 aromatic carbocycles. The van der Waals surface area contributed by atoms with Crippen LogP contribution in [-0.4, -0.2) is 18.2 Å². The van der Waals surface area contributed by atoms with Crippen LogP contribution in [0.5, 0.6) is 0 Å². The summed E-state index contributed by atoms with van der Waals surface area (Å²) in [5.41, 5.74) is 7.23. The van der Waals surface area contributed by atoms with Crippen molar-refractivity contribution in [2.24, 2.45) is 0 Å². The zero-order chi connectivity index (χ0) is 12.1. The molecule has 1 aromatic rings. The average Bonchev–Trinajstić information content (AvgIpc) is 2.23. The van der Waals surface area contributed by atoms with Crippen molar-refractivity contribution in [1.29, 1.82) is 0 Å². The lowest BCUT2D eigenvalue weighted by molar-refractivity contribution is 0.175. The molecule has 0 spiro atoms. The Morgan fingerprint density at radius 1 is 1.44 bits per heavy atom. The fraction of sp³-hybridized carbons (Fsp3) is 0.455. The van der Waals surface area contributed by atoms with Crippen molar-refractivity contribution in [1.82, 2.24) is 5.32 Å². The normalized spacial score (nSPS) is 12.8. The Bertz CT molecular complexity index is 358. The number of aliphatic hydroxyl groups is 1. The molecule has 0 aliphatic rings. The van der Waals surface area contributed by atoms with Crippen molar-refractivity contribution in [3.8, 4) is 0 Å². The van der Waals surface area contributed by atoms with Crippen LogP contribution >= 0.6 is 31.9 Å². The fourth-order valence-electron chi connectivity index (χ4n) is 1.41.